The number of benzene rings is 2. The Morgan fingerprint density at radius 1 is 0.806 bits per heavy atom. The monoisotopic (exact) mass is 492 g/mol. The van der Waals surface area contributed by atoms with Crippen LogP contribution in [0.25, 0.3) is 22.4 Å². The first-order valence-electron chi connectivity index (χ1n) is 11.6. The summed E-state index contributed by atoms with van der Waals surface area (Å²) in [5.41, 5.74) is 4.35. The maximum atomic E-state index is 6.03. The Morgan fingerprint density at radius 2 is 1.61 bits per heavy atom. The van der Waals surface area contributed by atoms with Gasteiger partial charge in [0.05, 0.1) is 11.7 Å². The summed E-state index contributed by atoms with van der Waals surface area (Å²) in [7, 11) is 0. The maximum Gasteiger partial charge on any atom is 0.226 e. The molecule has 0 unspecified atom stereocenters. The van der Waals surface area contributed by atoms with Crippen molar-refractivity contribution in [1.82, 2.24) is 30.1 Å². The van der Waals surface area contributed by atoms with Gasteiger partial charge in [-0.05, 0) is 60.5 Å². The normalized spacial score (nSPS) is 13.5. The molecule has 1 aliphatic rings. The average Bonchev–Trinajstić information content (AvgIpc) is 3.41. The Kier molecular flexibility index (Phi) is 5.90. The summed E-state index contributed by atoms with van der Waals surface area (Å²) in [6.45, 7) is 3.39. The van der Waals surface area contributed by atoms with Gasteiger partial charge in [-0.2, -0.15) is 5.10 Å². The molecule has 0 spiro atoms. The number of rotatable bonds is 3. The number of fused-ring (bicyclic) bond motifs is 1. The van der Waals surface area contributed by atoms with Crippen LogP contribution in [0.4, 0.5) is 11.6 Å². The van der Waals surface area contributed by atoms with E-state index in [9.17, 15) is 0 Å². The van der Waals surface area contributed by atoms with Crippen molar-refractivity contribution in [3.63, 3.8) is 0 Å². The second-order valence-electron chi connectivity index (χ2n) is 8.38. The minimum absolute atomic E-state index is 0.524. The number of anilines is 2. The number of piperazine rings is 1. The molecule has 36 heavy (non-hydrogen) atoms. The first kappa shape index (κ1) is 22.0. The first-order chi connectivity index (χ1) is 17.7. The highest BCUT2D eigenvalue weighted by Gasteiger charge is 2.20. The van der Waals surface area contributed by atoms with Gasteiger partial charge in [0.15, 0.2) is 5.82 Å². The van der Waals surface area contributed by atoms with Crippen molar-refractivity contribution < 1.29 is 0 Å². The Hall–Kier alpha value is -4.48. The van der Waals surface area contributed by atoms with Crippen LogP contribution >= 0.6 is 11.6 Å². The van der Waals surface area contributed by atoms with Crippen LogP contribution in [0, 0.1) is 11.8 Å². The zero-order valence-electron chi connectivity index (χ0n) is 19.3. The predicted octanol–water partition coefficient (Wildman–Crippen LogP) is 4.19. The van der Waals surface area contributed by atoms with E-state index in [1.54, 1.807) is 24.7 Å². The van der Waals surface area contributed by atoms with Crippen LogP contribution < -0.4 is 9.80 Å². The number of halogens is 1. The van der Waals surface area contributed by atoms with E-state index in [0.717, 1.165) is 47.7 Å². The van der Waals surface area contributed by atoms with Crippen LogP contribution in [0.1, 0.15) is 11.3 Å². The molecule has 2 aromatic carbocycles. The third kappa shape index (κ3) is 4.69. The van der Waals surface area contributed by atoms with E-state index in [0.29, 0.717) is 23.2 Å². The van der Waals surface area contributed by atoms with Gasteiger partial charge >= 0.3 is 0 Å². The molecule has 0 bridgehead atoms. The minimum atomic E-state index is 0.524. The summed E-state index contributed by atoms with van der Waals surface area (Å²) in [4.78, 5) is 22.8. The maximum absolute atomic E-state index is 6.03. The number of H-pyrrole nitrogens is 1. The molecule has 5 aromatic rings. The Labute approximate surface area is 213 Å². The van der Waals surface area contributed by atoms with Gasteiger partial charge < -0.3 is 9.80 Å². The van der Waals surface area contributed by atoms with Gasteiger partial charge in [0.2, 0.25) is 5.95 Å². The fourth-order valence-electron chi connectivity index (χ4n) is 4.15. The third-order valence-corrected chi connectivity index (χ3v) is 6.31. The number of aromatic nitrogens is 6. The predicted molar refractivity (Wildman–Crippen MR) is 141 cm³/mol. The molecule has 1 fully saturated rings. The SMILES string of the molecule is Clc1ccc(N2CCN(c3nccc(-c4nccc(C#Cc5ccc6[nH]ncc6c5)n4)n3)CC2)cc1. The van der Waals surface area contributed by atoms with Crippen molar-refractivity contribution in [1.29, 1.82) is 0 Å². The number of nitrogens with zero attached hydrogens (tertiary/aromatic N) is 7. The van der Waals surface area contributed by atoms with Gasteiger partial charge in [-0.25, -0.2) is 19.9 Å². The highest BCUT2D eigenvalue weighted by atomic mass is 35.5. The number of hydrogen-bond donors (Lipinski definition) is 1. The van der Waals surface area contributed by atoms with E-state index < -0.39 is 0 Å². The number of hydrogen-bond acceptors (Lipinski definition) is 7. The fraction of sp³-hybridized carbons (Fsp3) is 0.148. The molecular weight excluding hydrogens is 472 g/mol. The van der Waals surface area contributed by atoms with Gasteiger partial charge in [0, 0.05) is 60.2 Å². The lowest BCUT2D eigenvalue weighted by atomic mass is 10.1. The zero-order chi connectivity index (χ0) is 24.3. The molecule has 0 amide bonds. The molecule has 8 nitrogen and oxygen atoms in total. The first-order valence-corrected chi connectivity index (χ1v) is 12.0. The van der Waals surface area contributed by atoms with E-state index in [-0.39, 0.29) is 0 Å². The summed E-state index contributed by atoms with van der Waals surface area (Å²) in [5, 5.41) is 8.76. The van der Waals surface area contributed by atoms with Crippen LogP contribution in [-0.2, 0) is 0 Å². The molecule has 3 aromatic heterocycles. The second-order valence-corrected chi connectivity index (χ2v) is 8.82. The van der Waals surface area contributed by atoms with Crippen molar-refractivity contribution in [2.24, 2.45) is 0 Å². The summed E-state index contributed by atoms with van der Waals surface area (Å²) in [5.74, 6) is 7.50. The van der Waals surface area contributed by atoms with Gasteiger partial charge in [0.1, 0.15) is 11.4 Å². The fourth-order valence-corrected chi connectivity index (χ4v) is 4.28. The highest BCUT2D eigenvalue weighted by Crippen LogP contribution is 2.22. The minimum Gasteiger partial charge on any atom is -0.368 e. The summed E-state index contributed by atoms with van der Waals surface area (Å²) >= 11 is 6.03. The Balaban J connectivity index is 1.17. The van der Waals surface area contributed by atoms with Gasteiger partial charge in [-0.15, -0.1) is 0 Å². The van der Waals surface area contributed by atoms with Crippen molar-refractivity contribution in [3.05, 3.63) is 89.5 Å². The molecule has 1 saturated heterocycles. The molecule has 0 saturated carbocycles. The summed E-state index contributed by atoms with van der Waals surface area (Å²) in [6, 6.07) is 17.5. The number of aromatic amines is 1. The Bertz CT molecular complexity index is 1580. The lowest BCUT2D eigenvalue weighted by Crippen LogP contribution is -2.47. The van der Waals surface area contributed by atoms with E-state index in [1.165, 1.54) is 5.69 Å². The lowest BCUT2D eigenvalue weighted by molar-refractivity contribution is 0.640. The third-order valence-electron chi connectivity index (χ3n) is 6.06. The molecule has 1 N–H and O–H groups in total. The standard InChI is InChI=1S/C27H21ClN8/c28-21-3-6-23(7-4-21)35-13-15-36(16-14-35)27-30-12-10-25(33-27)26-29-11-9-22(32-26)5-1-19-2-8-24-20(17-19)18-31-34-24/h2-4,6-12,17-18H,13-16H2,(H,31,34). The van der Waals surface area contributed by atoms with E-state index in [2.05, 4.69) is 58.9 Å². The number of nitrogens with one attached hydrogen (secondary N) is 1. The van der Waals surface area contributed by atoms with Crippen molar-refractivity contribution in [3.8, 4) is 23.4 Å². The van der Waals surface area contributed by atoms with Gasteiger partial charge in [-0.1, -0.05) is 17.5 Å². The smallest absolute Gasteiger partial charge is 0.226 e. The van der Waals surface area contributed by atoms with Crippen molar-refractivity contribution >= 4 is 34.1 Å². The molecule has 0 radical (unpaired) electrons. The van der Waals surface area contributed by atoms with Crippen LogP contribution in [0.3, 0.4) is 0 Å². The molecule has 0 aliphatic carbocycles. The topological polar surface area (TPSA) is 86.7 Å². The molecule has 6 rings (SSSR count). The summed E-state index contributed by atoms with van der Waals surface area (Å²) in [6.07, 6.45) is 5.25. The lowest BCUT2D eigenvalue weighted by Gasteiger charge is -2.36. The average molecular weight is 493 g/mol. The van der Waals surface area contributed by atoms with Gasteiger partial charge in [-0.3, -0.25) is 5.10 Å². The molecule has 176 valence electrons. The van der Waals surface area contributed by atoms with Crippen molar-refractivity contribution in [2.75, 3.05) is 36.0 Å². The zero-order valence-corrected chi connectivity index (χ0v) is 20.0. The highest BCUT2D eigenvalue weighted by molar-refractivity contribution is 6.30. The van der Waals surface area contributed by atoms with Crippen LogP contribution in [0.2, 0.25) is 5.02 Å². The molecule has 9 heteroatoms. The van der Waals surface area contributed by atoms with E-state index >= 15 is 0 Å². The van der Waals surface area contributed by atoms with Crippen LogP contribution in [0.15, 0.2) is 73.2 Å². The van der Waals surface area contributed by atoms with Crippen LogP contribution in [-0.4, -0.2) is 56.3 Å². The molecule has 1 aliphatic heterocycles. The summed E-state index contributed by atoms with van der Waals surface area (Å²) < 4.78 is 0. The molecular formula is C27H21ClN8. The molecule has 0 atom stereocenters. The largest absolute Gasteiger partial charge is 0.368 e. The molecule has 4 heterocycles. The quantitative estimate of drug-likeness (QED) is 0.378. The van der Waals surface area contributed by atoms with E-state index in [4.69, 9.17) is 16.6 Å². The van der Waals surface area contributed by atoms with Crippen molar-refractivity contribution in [2.45, 2.75) is 0 Å². The van der Waals surface area contributed by atoms with Crippen LogP contribution in [0.5, 0.6) is 0 Å². The Morgan fingerprint density at radius 3 is 2.47 bits per heavy atom. The van der Waals surface area contributed by atoms with E-state index in [1.807, 2.05) is 36.4 Å². The second kappa shape index (κ2) is 9.64. The van der Waals surface area contributed by atoms with Gasteiger partial charge in [0.25, 0.3) is 0 Å².